The first-order valence-electron chi connectivity index (χ1n) is 7.54. The normalized spacial score (nSPS) is 12.7. The number of rotatable bonds is 5. The van der Waals surface area contributed by atoms with Crippen molar-refractivity contribution in [3.63, 3.8) is 0 Å². The van der Waals surface area contributed by atoms with Gasteiger partial charge in [0, 0.05) is 0 Å². The van der Waals surface area contributed by atoms with E-state index in [1.54, 1.807) is 12.1 Å². The first-order valence-corrected chi connectivity index (χ1v) is 8.34. The Balaban J connectivity index is 2.17. The van der Waals surface area contributed by atoms with Crippen molar-refractivity contribution in [2.75, 3.05) is 0 Å². The summed E-state index contributed by atoms with van der Waals surface area (Å²) in [5.41, 5.74) is 2.41. The first kappa shape index (κ1) is 16.8. The minimum absolute atomic E-state index is 0.0439. The number of halogens is 1. The summed E-state index contributed by atoms with van der Waals surface area (Å²) in [4.78, 5) is 12.3. The fraction of sp³-hybridized carbons (Fsp3) is 0.389. The first-order chi connectivity index (χ1) is 10.4. The van der Waals surface area contributed by atoms with Crippen LogP contribution in [0.15, 0.2) is 45.5 Å². The van der Waals surface area contributed by atoms with Crippen LogP contribution in [-0.4, -0.2) is 5.91 Å². The van der Waals surface area contributed by atoms with Crippen LogP contribution in [0.5, 0.6) is 0 Å². The van der Waals surface area contributed by atoms with E-state index in [4.69, 9.17) is 4.42 Å². The molecule has 1 heterocycles. The molecule has 2 rings (SSSR count). The third-order valence-electron chi connectivity index (χ3n) is 3.71. The maximum absolute atomic E-state index is 12.3. The number of carbonyl (C=O) groups excluding carboxylic acids is 1. The van der Waals surface area contributed by atoms with E-state index in [1.165, 1.54) is 5.56 Å². The third kappa shape index (κ3) is 4.01. The van der Waals surface area contributed by atoms with Crippen LogP contribution in [0.4, 0.5) is 0 Å². The summed E-state index contributed by atoms with van der Waals surface area (Å²) in [5, 5.41) is 3.06. The topological polar surface area (TPSA) is 42.2 Å². The molecule has 1 atom stereocenters. The van der Waals surface area contributed by atoms with Gasteiger partial charge in [-0.3, -0.25) is 4.79 Å². The average molecular weight is 364 g/mol. The molecule has 1 aromatic carbocycles. The molecule has 0 aliphatic carbocycles. The Morgan fingerprint density at radius 1 is 1.00 bits per heavy atom. The van der Waals surface area contributed by atoms with Crippen molar-refractivity contribution in [1.82, 2.24) is 5.32 Å². The van der Waals surface area contributed by atoms with Crippen LogP contribution in [0.3, 0.4) is 0 Å². The standard InChI is InChI=1S/C18H22BrNO2/c1-11(2)13-5-7-14(8-6-13)17(12(3)4)20-18(21)15-9-10-16(19)22-15/h5-12,17H,1-4H3,(H,20,21). The number of hydrogen-bond donors (Lipinski definition) is 1. The SMILES string of the molecule is CC(C)c1ccc(C(NC(=O)c2ccc(Br)o2)C(C)C)cc1. The van der Waals surface area contributed by atoms with E-state index in [1.807, 2.05) is 0 Å². The van der Waals surface area contributed by atoms with Crippen molar-refractivity contribution < 1.29 is 9.21 Å². The van der Waals surface area contributed by atoms with Crippen LogP contribution < -0.4 is 5.32 Å². The number of benzene rings is 1. The Hall–Kier alpha value is -1.55. The summed E-state index contributed by atoms with van der Waals surface area (Å²) in [6.07, 6.45) is 0. The Kier molecular flexibility index (Phi) is 5.46. The highest BCUT2D eigenvalue weighted by Crippen LogP contribution is 2.25. The van der Waals surface area contributed by atoms with E-state index in [0.717, 1.165) is 5.56 Å². The molecule has 0 fully saturated rings. The number of hydrogen-bond acceptors (Lipinski definition) is 2. The second-order valence-electron chi connectivity index (χ2n) is 6.12. The van der Waals surface area contributed by atoms with Crippen LogP contribution in [-0.2, 0) is 0 Å². The number of amides is 1. The molecule has 0 saturated heterocycles. The summed E-state index contributed by atoms with van der Waals surface area (Å²) in [6.45, 7) is 8.54. The van der Waals surface area contributed by atoms with Gasteiger partial charge in [-0.15, -0.1) is 0 Å². The molecule has 1 unspecified atom stereocenters. The summed E-state index contributed by atoms with van der Waals surface area (Å²) < 4.78 is 5.87. The monoisotopic (exact) mass is 363 g/mol. The van der Waals surface area contributed by atoms with Crippen molar-refractivity contribution in [2.45, 2.75) is 39.7 Å². The fourth-order valence-corrected chi connectivity index (χ4v) is 2.68. The zero-order valence-corrected chi connectivity index (χ0v) is 15.0. The maximum atomic E-state index is 12.3. The lowest BCUT2D eigenvalue weighted by Crippen LogP contribution is -2.31. The molecule has 0 aliphatic heterocycles. The van der Waals surface area contributed by atoms with Gasteiger partial charge < -0.3 is 9.73 Å². The van der Waals surface area contributed by atoms with Crippen molar-refractivity contribution in [2.24, 2.45) is 5.92 Å². The van der Waals surface area contributed by atoms with Crippen molar-refractivity contribution in [3.8, 4) is 0 Å². The highest BCUT2D eigenvalue weighted by molar-refractivity contribution is 9.10. The van der Waals surface area contributed by atoms with Gasteiger partial charge in [0.15, 0.2) is 10.4 Å². The van der Waals surface area contributed by atoms with E-state index in [0.29, 0.717) is 16.3 Å². The quantitative estimate of drug-likeness (QED) is 0.783. The largest absolute Gasteiger partial charge is 0.444 e. The molecule has 1 amide bonds. The third-order valence-corrected chi connectivity index (χ3v) is 4.14. The lowest BCUT2D eigenvalue weighted by Gasteiger charge is -2.23. The lowest BCUT2D eigenvalue weighted by atomic mass is 9.93. The Morgan fingerprint density at radius 3 is 2.05 bits per heavy atom. The second-order valence-corrected chi connectivity index (χ2v) is 6.90. The molecule has 1 N–H and O–H groups in total. The summed E-state index contributed by atoms with van der Waals surface area (Å²) in [5.74, 6) is 0.905. The van der Waals surface area contributed by atoms with Gasteiger partial charge in [0.05, 0.1) is 6.04 Å². The van der Waals surface area contributed by atoms with E-state index in [2.05, 4.69) is 73.2 Å². The van der Waals surface area contributed by atoms with Crippen LogP contribution >= 0.6 is 15.9 Å². The minimum atomic E-state index is -0.197. The molecule has 0 saturated carbocycles. The molecule has 3 nitrogen and oxygen atoms in total. The van der Waals surface area contributed by atoms with Gasteiger partial charge in [-0.25, -0.2) is 0 Å². The highest BCUT2D eigenvalue weighted by atomic mass is 79.9. The lowest BCUT2D eigenvalue weighted by molar-refractivity contribution is 0.0896. The van der Waals surface area contributed by atoms with Crippen molar-refractivity contribution in [1.29, 1.82) is 0 Å². The molecule has 0 aliphatic rings. The van der Waals surface area contributed by atoms with Gasteiger partial charge in [0.25, 0.3) is 5.91 Å². The molecule has 22 heavy (non-hydrogen) atoms. The molecule has 2 aromatic rings. The molecule has 4 heteroatoms. The Labute approximate surface area is 140 Å². The molecule has 0 radical (unpaired) electrons. The van der Waals surface area contributed by atoms with Gasteiger partial charge >= 0.3 is 0 Å². The molecule has 118 valence electrons. The van der Waals surface area contributed by atoms with E-state index < -0.39 is 0 Å². The van der Waals surface area contributed by atoms with E-state index >= 15 is 0 Å². The summed E-state index contributed by atoms with van der Waals surface area (Å²) >= 11 is 3.22. The Morgan fingerprint density at radius 2 is 1.59 bits per heavy atom. The minimum Gasteiger partial charge on any atom is -0.444 e. The Bertz CT molecular complexity index is 629. The van der Waals surface area contributed by atoms with E-state index in [9.17, 15) is 4.79 Å². The van der Waals surface area contributed by atoms with E-state index in [-0.39, 0.29) is 17.9 Å². The van der Waals surface area contributed by atoms with Gasteiger partial charge in [0.2, 0.25) is 0 Å². The van der Waals surface area contributed by atoms with Gasteiger partial charge in [-0.2, -0.15) is 0 Å². The second kappa shape index (κ2) is 7.14. The van der Waals surface area contributed by atoms with Crippen LogP contribution in [0.1, 0.15) is 61.3 Å². The number of nitrogens with one attached hydrogen (secondary N) is 1. The molecular formula is C18H22BrNO2. The predicted molar refractivity (Wildman–Crippen MR) is 92.0 cm³/mol. The van der Waals surface area contributed by atoms with Crippen LogP contribution in [0.2, 0.25) is 0 Å². The highest BCUT2D eigenvalue weighted by Gasteiger charge is 2.21. The fourth-order valence-electron chi connectivity index (χ4n) is 2.37. The molecule has 0 spiro atoms. The maximum Gasteiger partial charge on any atom is 0.287 e. The van der Waals surface area contributed by atoms with Gasteiger partial charge in [-0.1, -0.05) is 52.0 Å². The zero-order chi connectivity index (χ0) is 16.3. The van der Waals surface area contributed by atoms with Crippen molar-refractivity contribution >= 4 is 21.8 Å². The molecule has 0 bridgehead atoms. The predicted octanol–water partition coefficient (Wildman–Crippen LogP) is 5.29. The summed E-state index contributed by atoms with van der Waals surface area (Å²) in [6, 6.07) is 11.8. The van der Waals surface area contributed by atoms with Crippen molar-refractivity contribution in [3.05, 3.63) is 58.0 Å². The van der Waals surface area contributed by atoms with Crippen LogP contribution in [0.25, 0.3) is 0 Å². The number of carbonyl (C=O) groups is 1. The smallest absolute Gasteiger partial charge is 0.287 e. The number of furan rings is 1. The average Bonchev–Trinajstić information content (AvgIpc) is 2.91. The van der Waals surface area contributed by atoms with Crippen LogP contribution in [0, 0.1) is 5.92 Å². The van der Waals surface area contributed by atoms with Gasteiger partial charge in [-0.05, 0) is 51.0 Å². The van der Waals surface area contributed by atoms with Gasteiger partial charge in [0.1, 0.15) is 0 Å². The zero-order valence-electron chi connectivity index (χ0n) is 13.4. The molecule has 1 aromatic heterocycles. The molecular weight excluding hydrogens is 342 g/mol. The summed E-state index contributed by atoms with van der Waals surface area (Å²) in [7, 11) is 0.